The number of nitrogens with zero attached hydrogens (tertiary/aromatic N) is 3. The molecule has 1 aliphatic rings. The molecule has 0 radical (unpaired) electrons. The summed E-state index contributed by atoms with van der Waals surface area (Å²) >= 11 is 1.52. The minimum atomic E-state index is -0.588. The lowest BCUT2D eigenvalue weighted by molar-refractivity contribution is -0.136. The van der Waals surface area contributed by atoms with Crippen LogP contribution in [-0.4, -0.2) is 50.6 Å². The van der Waals surface area contributed by atoms with E-state index in [2.05, 4.69) is 5.32 Å². The third-order valence-electron chi connectivity index (χ3n) is 5.21. The van der Waals surface area contributed by atoms with E-state index in [9.17, 15) is 14.4 Å². The Labute approximate surface area is 177 Å². The normalized spacial score (nSPS) is 16.1. The summed E-state index contributed by atoms with van der Waals surface area (Å²) in [6.07, 6.45) is 0. The van der Waals surface area contributed by atoms with Gasteiger partial charge in [0.15, 0.2) is 0 Å². The van der Waals surface area contributed by atoms with Gasteiger partial charge in [-0.3, -0.25) is 18.7 Å². The lowest BCUT2D eigenvalue weighted by atomic mass is 10.2. The second-order valence-electron chi connectivity index (χ2n) is 7.01. The van der Waals surface area contributed by atoms with Gasteiger partial charge in [0.1, 0.15) is 18.3 Å². The van der Waals surface area contributed by atoms with Gasteiger partial charge in [-0.2, -0.15) is 0 Å². The number of aryl methyl sites for hydroxylation is 1. The van der Waals surface area contributed by atoms with Crippen molar-refractivity contribution in [3.05, 3.63) is 59.0 Å². The molecule has 0 spiro atoms. The molecule has 1 atom stereocenters. The van der Waals surface area contributed by atoms with Crippen molar-refractivity contribution in [3.63, 3.8) is 0 Å². The van der Waals surface area contributed by atoms with Crippen LogP contribution in [-0.2, 0) is 23.2 Å². The van der Waals surface area contributed by atoms with Crippen LogP contribution in [0.5, 0.6) is 5.75 Å². The summed E-state index contributed by atoms with van der Waals surface area (Å²) in [5, 5.41) is 2.85. The highest BCUT2D eigenvalue weighted by atomic mass is 32.2. The van der Waals surface area contributed by atoms with Gasteiger partial charge in [0.2, 0.25) is 11.8 Å². The first-order valence-electron chi connectivity index (χ1n) is 9.46. The van der Waals surface area contributed by atoms with Crippen LogP contribution in [0, 0.1) is 0 Å². The van der Waals surface area contributed by atoms with E-state index < -0.39 is 6.04 Å². The molecule has 8 nitrogen and oxygen atoms in total. The molecule has 156 valence electrons. The molecular weight excluding hydrogens is 404 g/mol. The van der Waals surface area contributed by atoms with Crippen LogP contribution in [0.3, 0.4) is 0 Å². The highest BCUT2D eigenvalue weighted by Crippen LogP contribution is 2.24. The molecule has 1 N–H and O–H groups in total. The topological polar surface area (TPSA) is 85.6 Å². The molecule has 9 heteroatoms. The summed E-state index contributed by atoms with van der Waals surface area (Å²) in [7, 11) is 3.26. The number of hydrogen-bond donors (Lipinski definition) is 1. The first-order valence-corrected chi connectivity index (χ1v) is 10.6. The summed E-state index contributed by atoms with van der Waals surface area (Å²) in [6.45, 7) is -0.104. The van der Waals surface area contributed by atoms with E-state index in [0.29, 0.717) is 28.6 Å². The number of benzene rings is 2. The molecule has 0 aliphatic carbocycles. The lowest BCUT2D eigenvalue weighted by Gasteiger charge is -2.23. The Morgan fingerprint density at radius 3 is 2.53 bits per heavy atom. The lowest BCUT2D eigenvalue weighted by Crippen LogP contribution is -2.46. The average Bonchev–Trinajstić information content (AvgIpc) is 3.35. The molecule has 1 aliphatic heterocycles. The first kappa shape index (κ1) is 20.1. The number of methoxy groups -OCH3 is 1. The van der Waals surface area contributed by atoms with Crippen molar-refractivity contribution in [3.8, 4) is 5.75 Å². The Bertz CT molecular complexity index is 1150. The standard InChI is InChI=1S/C21H22N4O4S/c1-23-16-5-3-4-6-17(16)24(21(23)28)11-19(26)25-13-30-12-18(25)20(27)22-14-7-9-15(29-2)10-8-14/h3-10,18H,11-13H2,1-2H3,(H,22,27). The van der Waals surface area contributed by atoms with Crippen LogP contribution in [0.15, 0.2) is 53.3 Å². The van der Waals surface area contributed by atoms with Crippen molar-refractivity contribution < 1.29 is 14.3 Å². The molecule has 2 aromatic carbocycles. The number of ether oxygens (including phenoxy) is 1. The first-order chi connectivity index (χ1) is 14.5. The number of thioether (sulfide) groups is 1. The number of rotatable bonds is 5. The largest absolute Gasteiger partial charge is 0.497 e. The van der Waals surface area contributed by atoms with E-state index in [0.717, 1.165) is 5.52 Å². The molecule has 30 heavy (non-hydrogen) atoms. The summed E-state index contributed by atoms with van der Waals surface area (Å²) in [5.74, 6) is 1.12. The highest BCUT2D eigenvalue weighted by molar-refractivity contribution is 7.99. The van der Waals surface area contributed by atoms with E-state index >= 15 is 0 Å². The van der Waals surface area contributed by atoms with Gasteiger partial charge in [-0.05, 0) is 36.4 Å². The Kier molecular flexibility index (Phi) is 5.54. The molecule has 0 saturated carbocycles. The van der Waals surface area contributed by atoms with Crippen molar-refractivity contribution in [1.82, 2.24) is 14.0 Å². The summed E-state index contributed by atoms with van der Waals surface area (Å²) < 4.78 is 8.10. The van der Waals surface area contributed by atoms with Gasteiger partial charge in [0.25, 0.3) is 0 Å². The quantitative estimate of drug-likeness (QED) is 0.674. The van der Waals surface area contributed by atoms with Crippen LogP contribution in [0.25, 0.3) is 11.0 Å². The zero-order chi connectivity index (χ0) is 21.3. The highest BCUT2D eigenvalue weighted by Gasteiger charge is 2.35. The fourth-order valence-electron chi connectivity index (χ4n) is 3.55. The number of para-hydroxylation sites is 2. The maximum Gasteiger partial charge on any atom is 0.329 e. The number of carbonyl (C=O) groups excluding carboxylic acids is 2. The molecular formula is C21H22N4O4S. The van der Waals surface area contributed by atoms with Crippen molar-refractivity contribution in [2.45, 2.75) is 12.6 Å². The van der Waals surface area contributed by atoms with E-state index in [1.807, 2.05) is 24.3 Å². The molecule has 2 amide bonds. The molecule has 3 aromatic rings. The molecule has 0 bridgehead atoms. The molecule has 1 unspecified atom stereocenters. The van der Waals surface area contributed by atoms with Gasteiger partial charge < -0.3 is 15.0 Å². The number of fused-ring (bicyclic) bond motifs is 1. The van der Waals surface area contributed by atoms with Gasteiger partial charge >= 0.3 is 5.69 Å². The van der Waals surface area contributed by atoms with Crippen LogP contribution in [0.4, 0.5) is 5.69 Å². The van der Waals surface area contributed by atoms with Gasteiger partial charge in [-0.15, -0.1) is 11.8 Å². The van der Waals surface area contributed by atoms with E-state index in [1.54, 1.807) is 38.4 Å². The monoisotopic (exact) mass is 426 g/mol. The minimum Gasteiger partial charge on any atom is -0.497 e. The van der Waals surface area contributed by atoms with E-state index in [-0.39, 0.29) is 24.0 Å². The fraction of sp³-hybridized carbons (Fsp3) is 0.286. The van der Waals surface area contributed by atoms with Crippen LogP contribution in [0.1, 0.15) is 0 Å². The summed E-state index contributed by atoms with van der Waals surface area (Å²) in [5.41, 5.74) is 1.84. The molecule has 2 heterocycles. The third-order valence-corrected chi connectivity index (χ3v) is 6.22. The predicted octanol–water partition coefficient (Wildman–Crippen LogP) is 1.89. The van der Waals surface area contributed by atoms with Crippen molar-refractivity contribution in [1.29, 1.82) is 0 Å². The number of anilines is 1. The summed E-state index contributed by atoms with van der Waals surface area (Å²) in [4.78, 5) is 40.0. The smallest absolute Gasteiger partial charge is 0.329 e. The SMILES string of the molecule is COc1ccc(NC(=O)C2CSCN2C(=O)Cn2c(=O)n(C)c3ccccc32)cc1. The summed E-state index contributed by atoms with van der Waals surface area (Å²) in [6, 6.07) is 13.8. The Balaban J connectivity index is 1.50. The van der Waals surface area contributed by atoms with Crippen LogP contribution >= 0.6 is 11.8 Å². The average molecular weight is 426 g/mol. The van der Waals surface area contributed by atoms with Gasteiger partial charge in [-0.1, -0.05) is 12.1 Å². The maximum absolute atomic E-state index is 13.0. The predicted molar refractivity (Wildman–Crippen MR) is 117 cm³/mol. The molecule has 1 fully saturated rings. The van der Waals surface area contributed by atoms with Crippen molar-refractivity contribution in [2.24, 2.45) is 7.05 Å². The zero-order valence-electron chi connectivity index (χ0n) is 16.7. The number of hydrogen-bond acceptors (Lipinski definition) is 5. The van der Waals surface area contributed by atoms with Crippen molar-refractivity contribution in [2.75, 3.05) is 24.1 Å². The number of nitrogens with one attached hydrogen (secondary N) is 1. The van der Waals surface area contributed by atoms with Gasteiger partial charge in [0, 0.05) is 18.5 Å². The van der Waals surface area contributed by atoms with E-state index in [1.165, 1.54) is 25.8 Å². The van der Waals surface area contributed by atoms with Gasteiger partial charge in [-0.25, -0.2) is 4.79 Å². The number of carbonyl (C=O) groups is 2. The van der Waals surface area contributed by atoms with Crippen LogP contribution in [0.2, 0.25) is 0 Å². The zero-order valence-corrected chi connectivity index (χ0v) is 17.5. The molecule has 1 saturated heterocycles. The second-order valence-corrected chi connectivity index (χ2v) is 8.01. The Morgan fingerprint density at radius 2 is 1.83 bits per heavy atom. The maximum atomic E-state index is 13.0. The minimum absolute atomic E-state index is 0.104. The second kappa shape index (κ2) is 8.27. The molecule has 4 rings (SSSR count). The van der Waals surface area contributed by atoms with Crippen molar-refractivity contribution >= 4 is 40.3 Å². The number of amides is 2. The number of imidazole rings is 1. The Morgan fingerprint density at radius 1 is 1.13 bits per heavy atom. The fourth-order valence-corrected chi connectivity index (χ4v) is 4.73. The third kappa shape index (κ3) is 3.68. The van der Waals surface area contributed by atoms with Crippen LogP contribution < -0.4 is 15.7 Å². The molecule has 1 aromatic heterocycles. The Hall–Kier alpha value is -3.20. The van der Waals surface area contributed by atoms with Gasteiger partial charge in [0.05, 0.1) is 24.0 Å². The van der Waals surface area contributed by atoms with E-state index in [4.69, 9.17) is 4.74 Å². The number of aromatic nitrogens is 2.